The van der Waals surface area contributed by atoms with Crippen LogP contribution in [-0.4, -0.2) is 9.78 Å². The Morgan fingerprint density at radius 1 is 1.40 bits per heavy atom. The van der Waals surface area contributed by atoms with Gasteiger partial charge in [-0.15, -0.1) is 0 Å². The third kappa shape index (κ3) is 2.07. The van der Waals surface area contributed by atoms with Crippen LogP contribution in [0.3, 0.4) is 0 Å². The van der Waals surface area contributed by atoms with Crippen LogP contribution < -0.4 is 5.73 Å². The summed E-state index contributed by atoms with van der Waals surface area (Å²) in [7, 11) is 0. The highest BCUT2D eigenvalue weighted by molar-refractivity contribution is 9.10. The summed E-state index contributed by atoms with van der Waals surface area (Å²) in [5.41, 5.74) is 7.50. The average Bonchev–Trinajstić information content (AvgIpc) is 2.65. The summed E-state index contributed by atoms with van der Waals surface area (Å²) in [6.45, 7) is 0.453. The smallest absolute Gasteiger partial charge is 0.0792 e. The second kappa shape index (κ2) is 4.35. The van der Waals surface area contributed by atoms with Crippen LogP contribution in [0.15, 0.2) is 34.9 Å². The van der Waals surface area contributed by atoms with Crippen molar-refractivity contribution in [1.29, 1.82) is 0 Å². The van der Waals surface area contributed by atoms with E-state index < -0.39 is 0 Å². The van der Waals surface area contributed by atoms with Gasteiger partial charge in [0.1, 0.15) is 0 Å². The summed E-state index contributed by atoms with van der Waals surface area (Å²) < 4.78 is 2.69. The maximum Gasteiger partial charge on any atom is 0.0792 e. The van der Waals surface area contributed by atoms with Crippen molar-refractivity contribution in [3.05, 3.63) is 45.7 Å². The summed E-state index contributed by atoms with van der Waals surface area (Å²) in [4.78, 5) is 0. The average molecular weight is 287 g/mol. The minimum Gasteiger partial charge on any atom is -0.325 e. The lowest BCUT2D eigenvalue weighted by Crippen LogP contribution is -2.07. The highest BCUT2D eigenvalue weighted by Crippen LogP contribution is 2.25. The number of hydrogen-bond acceptors (Lipinski definition) is 2. The Kier molecular flexibility index (Phi) is 3.09. The van der Waals surface area contributed by atoms with Crippen molar-refractivity contribution in [2.24, 2.45) is 5.73 Å². The monoisotopic (exact) mass is 285 g/mol. The minimum atomic E-state index is 0.453. The van der Waals surface area contributed by atoms with Crippen LogP contribution in [0.4, 0.5) is 0 Å². The molecule has 0 saturated heterocycles. The molecule has 15 heavy (non-hydrogen) atoms. The summed E-state index contributed by atoms with van der Waals surface area (Å²) in [6.07, 6.45) is 1.73. The molecule has 0 aliphatic rings. The van der Waals surface area contributed by atoms with Gasteiger partial charge < -0.3 is 5.73 Å². The van der Waals surface area contributed by atoms with Crippen molar-refractivity contribution < 1.29 is 0 Å². The van der Waals surface area contributed by atoms with Crippen LogP contribution in [0.5, 0.6) is 0 Å². The number of hydrogen-bond donors (Lipinski definition) is 1. The largest absolute Gasteiger partial charge is 0.325 e. The summed E-state index contributed by atoms with van der Waals surface area (Å²) in [6, 6.07) is 7.45. The summed E-state index contributed by atoms with van der Waals surface area (Å²) in [5, 5.41) is 4.90. The predicted octanol–water partition coefficient (Wildman–Crippen LogP) is 2.75. The maximum atomic E-state index is 5.87. The Morgan fingerprint density at radius 2 is 2.20 bits per heavy atom. The summed E-state index contributed by atoms with van der Waals surface area (Å²) in [5.74, 6) is 0. The molecule has 0 fully saturated rings. The highest BCUT2D eigenvalue weighted by Gasteiger charge is 2.07. The van der Waals surface area contributed by atoms with Gasteiger partial charge in [-0.25, -0.2) is 4.68 Å². The van der Waals surface area contributed by atoms with Crippen molar-refractivity contribution >= 4 is 27.5 Å². The number of halogens is 2. The number of aromatic nitrogens is 2. The van der Waals surface area contributed by atoms with Crippen LogP contribution in [0.2, 0.25) is 5.02 Å². The molecule has 0 aliphatic heterocycles. The molecule has 78 valence electrons. The zero-order valence-electron chi connectivity index (χ0n) is 7.82. The van der Waals surface area contributed by atoms with Crippen LogP contribution in [0.25, 0.3) is 5.69 Å². The molecule has 0 atom stereocenters. The lowest BCUT2D eigenvalue weighted by Gasteiger charge is -2.08. The van der Waals surface area contributed by atoms with E-state index in [2.05, 4.69) is 21.0 Å². The Balaban J connectivity index is 2.54. The molecule has 1 heterocycles. The van der Waals surface area contributed by atoms with Gasteiger partial charge in [0.2, 0.25) is 0 Å². The summed E-state index contributed by atoms with van der Waals surface area (Å²) >= 11 is 9.31. The standard InChI is InChI=1S/C10H9BrClN3/c11-9-5-7(12)1-2-10(9)15-8(6-13)3-4-14-15/h1-5H,6,13H2. The van der Waals surface area contributed by atoms with Crippen molar-refractivity contribution in [1.82, 2.24) is 9.78 Å². The molecular weight excluding hydrogens is 277 g/mol. The number of rotatable bonds is 2. The second-order valence-electron chi connectivity index (χ2n) is 3.03. The van der Waals surface area contributed by atoms with Crippen molar-refractivity contribution in [2.75, 3.05) is 0 Å². The van der Waals surface area contributed by atoms with Gasteiger partial charge in [0.25, 0.3) is 0 Å². The molecule has 0 bridgehead atoms. The predicted molar refractivity (Wildman–Crippen MR) is 64.2 cm³/mol. The fourth-order valence-corrected chi connectivity index (χ4v) is 2.21. The van der Waals surface area contributed by atoms with Crippen LogP contribution in [0, 0.1) is 0 Å². The van der Waals surface area contributed by atoms with Crippen molar-refractivity contribution in [3.63, 3.8) is 0 Å². The highest BCUT2D eigenvalue weighted by atomic mass is 79.9. The van der Waals surface area contributed by atoms with Crippen molar-refractivity contribution in [3.8, 4) is 5.69 Å². The van der Waals surface area contributed by atoms with Gasteiger partial charge in [0, 0.05) is 22.2 Å². The van der Waals surface area contributed by atoms with Crippen LogP contribution in [-0.2, 0) is 6.54 Å². The molecule has 3 nitrogen and oxygen atoms in total. The first kappa shape index (κ1) is 10.7. The Morgan fingerprint density at radius 3 is 2.87 bits per heavy atom. The molecule has 2 rings (SSSR count). The molecule has 1 aromatic heterocycles. The molecule has 0 unspecified atom stereocenters. The van der Waals surface area contributed by atoms with Gasteiger partial charge in [-0.2, -0.15) is 5.10 Å². The number of nitrogens with two attached hydrogens (primary N) is 1. The molecule has 0 spiro atoms. The van der Waals surface area contributed by atoms with E-state index in [9.17, 15) is 0 Å². The van der Waals surface area contributed by atoms with E-state index in [4.69, 9.17) is 17.3 Å². The minimum absolute atomic E-state index is 0.453. The van der Waals surface area contributed by atoms with E-state index in [1.54, 1.807) is 10.9 Å². The van der Waals surface area contributed by atoms with E-state index in [1.807, 2.05) is 24.3 Å². The normalized spacial score (nSPS) is 10.6. The van der Waals surface area contributed by atoms with E-state index in [0.29, 0.717) is 11.6 Å². The third-order valence-corrected chi connectivity index (χ3v) is 2.94. The van der Waals surface area contributed by atoms with Crippen LogP contribution in [0.1, 0.15) is 5.69 Å². The molecule has 1 aromatic carbocycles. The third-order valence-electron chi connectivity index (χ3n) is 2.07. The molecule has 2 N–H and O–H groups in total. The second-order valence-corrected chi connectivity index (χ2v) is 4.32. The Labute approximate surface area is 101 Å². The van der Waals surface area contributed by atoms with Crippen LogP contribution >= 0.6 is 27.5 Å². The van der Waals surface area contributed by atoms with Gasteiger partial charge in [-0.1, -0.05) is 11.6 Å². The van der Waals surface area contributed by atoms with Crippen molar-refractivity contribution in [2.45, 2.75) is 6.54 Å². The van der Waals surface area contributed by atoms with Gasteiger partial charge in [-0.3, -0.25) is 0 Å². The number of nitrogens with zero attached hydrogens (tertiary/aromatic N) is 2. The molecular formula is C10H9BrClN3. The number of benzene rings is 1. The van der Waals surface area contributed by atoms with Gasteiger partial charge in [0.05, 0.1) is 11.4 Å². The maximum absolute atomic E-state index is 5.87. The van der Waals surface area contributed by atoms with E-state index in [0.717, 1.165) is 15.9 Å². The zero-order chi connectivity index (χ0) is 10.8. The quantitative estimate of drug-likeness (QED) is 0.922. The van der Waals surface area contributed by atoms with E-state index >= 15 is 0 Å². The zero-order valence-corrected chi connectivity index (χ0v) is 10.2. The molecule has 0 radical (unpaired) electrons. The first-order valence-electron chi connectivity index (χ1n) is 4.41. The Hall–Kier alpha value is -0.840. The molecule has 0 amide bonds. The molecule has 5 heteroatoms. The Bertz CT molecular complexity index is 481. The van der Waals surface area contributed by atoms with E-state index in [-0.39, 0.29) is 0 Å². The molecule has 2 aromatic rings. The fraction of sp³-hybridized carbons (Fsp3) is 0.100. The van der Waals surface area contributed by atoms with E-state index in [1.165, 1.54) is 0 Å². The SMILES string of the molecule is NCc1ccnn1-c1ccc(Cl)cc1Br. The lowest BCUT2D eigenvalue weighted by atomic mass is 10.3. The fourth-order valence-electron chi connectivity index (χ4n) is 1.36. The van der Waals surface area contributed by atoms with Gasteiger partial charge in [-0.05, 0) is 40.2 Å². The lowest BCUT2D eigenvalue weighted by molar-refractivity contribution is 0.801. The topological polar surface area (TPSA) is 43.8 Å². The van der Waals surface area contributed by atoms with Gasteiger partial charge >= 0.3 is 0 Å². The first-order chi connectivity index (χ1) is 7.22. The van der Waals surface area contributed by atoms with Gasteiger partial charge in [0.15, 0.2) is 0 Å². The molecule has 0 saturated carbocycles. The molecule has 0 aliphatic carbocycles. The first-order valence-corrected chi connectivity index (χ1v) is 5.58.